The molecule has 0 aliphatic carbocycles. The molecular weight excluding hydrogens is 234 g/mol. The van der Waals surface area contributed by atoms with E-state index < -0.39 is 24.1 Å². The van der Waals surface area contributed by atoms with Crippen molar-refractivity contribution in [3.63, 3.8) is 0 Å². The van der Waals surface area contributed by atoms with Crippen LogP contribution in [0.3, 0.4) is 0 Å². The molecule has 0 amide bonds. The lowest BCUT2D eigenvalue weighted by Crippen LogP contribution is -2.47. The quantitative estimate of drug-likeness (QED) is 0.790. The van der Waals surface area contributed by atoms with Gasteiger partial charge in [0.05, 0.1) is 7.11 Å². The lowest BCUT2D eigenvalue weighted by Gasteiger charge is -2.32. The Kier molecular flexibility index (Phi) is 3.62. The predicted molar refractivity (Wildman–Crippen MR) is 63.6 cm³/mol. The summed E-state index contributed by atoms with van der Waals surface area (Å²) < 4.78 is 9.97. The second kappa shape index (κ2) is 5.18. The number of benzene rings is 1. The number of hydrogen-bond acceptors (Lipinski definition) is 5. The molecule has 2 unspecified atom stereocenters. The lowest BCUT2D eigenvalue weighted by molar-refractivity contribution is -0.156. The maximum Gasteiger partial charge on any atom is 0.327 e. The molecule has 0 spiro atoms. The molecule has 0 fully saturated rings. The van der Waals surface area contributed by atoms with Crippen LogP contribution in [0.15, 0.2) is 24.3 Å². The van der Waals surface area contributed by atoms with Gasteiger partial charge in [-0.3, -0.25) is 14.9 Å². The maximum atomic E-state index is 11.7. The molecule has 5 heteroatoms. The summed E-state index contributed by atoms with van der Waals surface area (Å²) in [6, 6.07) is 6.90. The second-order valence-electron chi connectivity index (χ2n) is 4.11. The third-order valence-corrected chi connectivity index (χ3v) is 2.92. The summed E-state index contributed by atoms with van der Waals surface area (Å²) >= 11 is 0. The number of fused-ring (bicyclic) bond motifs is 1. The Balaban J connectivity index is 2.36. The molecule has 0 aromatic heterocycles. The molecule has 1 aromatic carbocycles. The van der Waals surface area contributed by atoms with Crippen LogP contribution in [0.5, 0.6) is 0 Å². The molecule has 1 aliphatic rings. The third kappa shape index (κ3) is 2.36. The van der Waals surface area contributed by atoms with Crippen molar-refractivity contribution in [2.75, 3.05) is 7.11 Å². The fourth-order valence-electron chi connectivity index (χ4n) is 2.12. The molecule has 96 valence electrons. The second-order valence-corrected chi connectivity index (χ2v) is 4.11. The van der Waals surface area contributed by atoms with Crippen LogP contribution >= 0.6 is 0 Å². The Bertz CT molecular complexity index is 472. The van der Waals surface area contributed by atoms with E-state index in [4.69, 9.17) is 9.47 Å². The van der Waals surface area contributed by atoms with E-state index in [-0.39, 0.29) is 0 Å². The van der Waals surface area contributed by atoms with Gasteiger partial charge in [0.2, 0.25) is 0 Å². The number of carbonyl (C=O) groups is 2. The monoisotopic (exact) mass is 249 g/mol. The average Bonchev–Trinajstić information content (AvgIpc) is 2.37. The zero-order valence-corrected chi connectivity index (χ0v) is 10.3. The fourth-order valence-corrected chi connectivity index (χ4v) is 2.12. The summed E-state index contributed by atoms with van der Waals surface area (Å²) in [5.74, 6) is -0.858. The molecular formula is C13H15NO4. The number of ether oxygens (including phenoxy) is 2. The van der Waals surface area contributed by atoms with Gasteiger partial charge in [-0.2, -0.15) is 0 Å². The molecule has 0 saturated heterocycles. The minimum absolute atomic E-state index is 0.424. The van der Waals surface area contributed by atoms with Gasteiger partial charge in [-0.15, -0.1) is 0 Å². The van der Waals surface area contributed by atoms with Crippen LogP contribution in [0.2, 0.25) is 0 Å². The molecule has 1 N–H and O–H groups in total. The number of nitrogens with one attached hydrogen (secondary N) is 1. The SMILES string of the molecule is COC(=O)C1NCc2ccccc2C1OC(C)=O. The Morgan fingerprint density at radius 3 is 2.72 bits per heavy atom. The largest absolute Gasteiger partial charge is 0.468 e. The Morgan fingerprint density at radius 2 is 2.06 bits per heavy atom. The fraction of sp³-hybridized carbons (Fsp3) is 0.385. The standard InChI is InChI=1S/C13H15NO4/c1-8(15)18-12-10-6-4-3-5-9(10)7-14-11(12)13(16)17-2/h3-6,11-12,14H,7H2,1-2H3. The first-order chi connectivity index (χ1) is 8.63. The van der Waals surface area contributed by atoms with Gasteiger partial charge in [0.25, 0.3) is 0 Å². The Morgan fingerprint density at radius 1 is 1.33 bits per heavy atom. The highest BCUT2D eigenvalue weighted by Gasteiger charge is 2.37. The Hall–Kier alpha value is -1.88. The first kappa shape index (κ1) is 12.6. The van der Waals surface area contributed by atoms with Crippen molar-refractivity contribution >= 4 is 11.9 Å². The van der Waals surface area contributed by atoms with Crippen LogP contribution < -0.4 is 5.32 Å². The molecule has 0 bridgehead atoms. The van der Waals surface area contributed by atoms with E-state index in [9.17, 15) is 9.59 Å². The maximum absolute atomic E-state index is 11.7. The van der Waals surface area contributed by atoms with Gasteiger partial charge >= 0.3 is 11.9 Å². The highest BCUT2D eigenvalue weighted by molar-refractivity contribution is 5.78. The van der Waals surface area contributed by atoms with Gasteiger partial charge in [-0.25, -0.2) is 0 Å². The van der Waals surface area contributed by atoms with Gasteiger partial charge in [0, 0.05) is 13.5 Å². The molecule has 18 heavy (non-hydrogen) atoms. The molecule has 2 rings (SSSR count). The third-order valence-electron chi connectivity index (χ3n) is 2.92. The van der Waals surface area contributed by atoms with Crippen LogP contribution in [0.1, 0.15) is 24.2 Å². The van der Waals surface area contributed by atoms with E-state index in [1.807, 2.05) is 24.3 Å². The minimum atomic E-state index is -0.659. The lowest BCUT2D eigenvalue weighted by atomic mass is 9.93. The molecule has 2 atom stereocenters. The van der Waals surface area contributed by atoms with Crippen LogP contribution in [0, 0.1) is 0 Å². The van der Waals surface area contributed by atoms with Gasteiger partial charge in [0.1, 0.15) is 6.04 Å². The summed E-state index contributed by atoms with van der Waals surface area (Å²) in [4.78, 5) is 22.9. The van der Waals surface area contributed by atoms with E-state index in [0.717, 1.165) is 11.1 Å². The van der Waals surface area contributed by atoms with Crippen molar-refractivity contribution in [1.82, 2.24) is 5.32 Å². The molecule has 1 heterocycles. The molecule has 1 aromatic rings. The summed E-state index contributed by atoms with van der Waals surface area (Å²) in [7, 11) is 1.31. The van der Waals surface area contributed by atoms with Crippen molar-refractivity contribution in [2.24, 2.45) is 0 Å². The summed E-state index contributed by atoms with van der Waals surface area (Å²) in [5, 5.41) is 3.03. The number of esters is 2. The first-order valence-electron chi connectivity index (χ1n) is 5.69. The van der Waals surface area contributed by atoms with Gasteiger partial charge in [0.15, 0.2) is 6.10 Å². The van der Waals surface area contributed by atoms with E-state index >= 15 is 0 Å². The van der Waals surface area contributed by atoms with Crippen LogP contribution in [-0.4, -0.2) is 25.1 Å². The van der Waals surface area contributed by atoms with E-state index in [1.165, 1.54) is 14.0 Å². The average molecular weight is 249 g/mol. The van der Waals surface area contributed by atoms with Gasteiger partial charge in [-0.1, -0.05) is 24.3 Å². The number of rotatable bonds is 2. The van der Waals surface area contributed by atoms with Crippen LogP contribution in [-0.2, 0) is 25.6 Å². The Labute approximate surface area is 105 Å². The van der Waals surface area contributed by atoms with Crippen molar-refractivity contribution in [3.05, 3.63) is 35.4 Å². The van der Waals surface area contributed by atoms with E-state index in [0.29, 0.717) is 6.54 Å². The van der Waals surface area contributed by atoms with E-state index in [2.05, 4.69) is 5.32 Å². The summed E-state index contributed by atoms with van der Waals surface area (Å²) in [6.45, 7) is 1.87. The number of hydrogen-bond donors (Lipinski definition) is 1. The van der Waals surface area contributed by atoms with Crippen LogP contribution in [0.4, 0.5) is 0 Å². The number of carbonyl (C=O) groups excluding carboxylic acids is 2. The number of methoxy groups -OCH3 is 1. The predicted octanol–water partition coefficient (Wildman–Crippen LogP) is 0.936. The van der Waals surface area contributed by atoms with Crippen LogP contribution in [0.25, 0.3) is 0 Å². The van der Waals surface area contributed by atoms with Gasteiger partial charge in [-0.05, 0) is 11.1 Å². The smallest absolute Gasteiger partial charge is 0.327 e. The highest BCUT2D eigenvalue weighted by Crippen LogP contribution is 2.29. The van der Waals surface area contributed by atoms with Crippen molar-refractivity contribution in [3.8, 4) is 0 Å². The van der Waals surface area contributed by atoms with Crippen molar-refractivity contribution in [2.45, 2.75) is 25.6 Å². The topological polar surface area (TPSA) is 64.6 Å². The van der Waals surface area contributed by atoms with Crippen molar-refractivity contribution in [1.29, 1.82) is 0 Å². The minimum Gasteiger partial charge on any atom is -0.468 e. The summed E-state index contributed by atoms with van der Waals surface area (Å²) in [6.07, 6.45) is -0.639. The first-order valence-corrected chi connectivity index (χ1v) is 5.69. The molecule has 5 nitrogen and oxygen atoms in total. The molecule has 0 radical (unpaired) electrons. The van der Waals surface area contributed by atoms with Crippen molar-refractivity contribution < 1.29 is 19.1 Å². The normalized spacial score (nSPS) is 21.9. The zero-order valence-electron chi connectivity index (χ0n) is 10.3. The van der Waals surface area contributed by atoms with Gasteiger partial charge < -0.3 is 9.47 Å². The zero-order chi connectivity index (χ0) is 13.1. The van der Waals surface area contributed by atoms with E-state index in [1.54, 1.807) is 0 Å². The summed E-state index contributed by atoms with van der Waals surface area (Å²) in [5.41, 5.74) is 1.87. The highest BCUT2D eigenvalue weighted by atomic mass is 16.6. The molecule has 0 saturated carbocycles. The molecule has 1 aliphatic heterocycles.